The molecular formula is C15H29NO2. The summed E-state index contributed by atoms with van der Waals surface area (Å²) >= 11 is 0. The Morgan fingerprint density at radius 2 is 1.94 bits per heavy atom. The molecule has 1 heterocycles. The zero-order valence-electron chi connectivity index (χ0n) is 12.0. The third-order valence-corrected chi connectivity index (χ3v) is 4.02. The van der Waals surface area contributed by atoms with Crippen molar-refractivity contribution in [1.82, 2.24) is 4.90 Å². The molecule has 4 unspecified atom stereocenters. The summed E-state index contributed by atoms with van der Waals surface area (Å²) in [7, 11) is 2.11. The summed E-state index contributed by atoms with van der Waals surface area (Å²) in [6.07, 6.45) is 9.36. The molecule has 0 saturated heterocycles. The molecule has 0 fully saturated rings. The van der Waals surface area contributed by atoms with Crippen LogP contribution in [0.4, 0.5) is 0 Å². The molecule has 3 heteroatoms. The van der Waals surface area contributed by atoms with Crippen molar-refractivity contribution in [3.05, 3.63) is 12.2 Å². The van der Waals surface area contributed by atoms with Gasteiger partial charge in [0.25, 0.3) is 0 Å². The van der Waals surface area contributed by atoms with Gasteiger partial charge in [0, 0.05) is 12.1 Å². The Labute approximate surface area is 112 Å². The quantitative estimate of drug-likeness (QED) is 0.686. The summed E-state index contributed by atoms with van der Waals surface area (Å²) in [4.78, 5) is 2.32. The highest BCUT2D eigenvalue weighted by Crippen LogP contribution is 2.23. The molecule has 0 radical (unpaired) electrons. The molecule has 18 heavy (non-hydrogen) atoms. The summed E-state index contributed by atoms with van der Waals surface area (Å²) in [6, 6.07) is 0.720. The van der Waals surface area contributed by atoms with Gasteiger partial charge < -0.3 is 10.2 Å². The molecule has 0 aliphatic carbocycles. The molecule has 2 N–H and O–H groups in total. The number of likely N-dealkylation sites (N-methyl/N-ethyl adjacent to an activating group) is 1. The van der Waals surface area contributed by atoms with E-state index in [9.17, 15) is 10.2 Å². The predicted molar refractivity (Wildman–Crippen MR) is 75.5 cm³/mol. The Bertz CT molecular complexity index is 255. The molecule has 106 valence electrons. The van der Waals surface area contributed by atoms with E-state index in [4.69, 9.17) is 0 Å². The number of aliphatic hydroxyl groups excluding tert-OH is 2. The van der Waals surface area contributed by atoms with Gasteiger partial charge in [0.2, 0.25) is 0 Å². The van der Waals surface area contributed by atoms with Crippen molar-refractivity contribution in [2.45, 2.75) is 76.7 Å². The van der Waals surface area contributed by atoms with E-state index in [-0.39, 0.29) is 12.2 Å². The second kappa shape index (κ2) is 7.93. The van der Waals surface area contributed by atoms with Gasteiger partial charge in [-0.25, -0.2) is 0 Å². The van der Waals surface area contributed by atoms with Gasteiger partial charge in [-0.1, -0.05) is 32.4 Å². The Balaban J connectivity index is 2.49. The van der Waals surface area contributed by atoms with Crippen LogP contribution in [0.3, 0.4) is 0 Å². The minimum atomic E-state index is -0.221. The van der Waals surface area contributed by atoms with E-state index in [0.29, 0.717) is 12.1 Å². The van der Waals surface area contributed by atoms with Gasteiger partial charge in [-0.2, -0.15) is 0 Å². The first-order chi connectivity index (χ1) is 8.58. The summed E-state index contributed by atoms with van der Waals surface area (Å²) in [5.41, 5.74) is 0. The number of aliphatic hydroxyl groups is 2. The molecule has 0 saturated carbocycles. The van der Waals surface area contributed by atoms with Crippen LogP contribution in [0.1, 0.15) is 52.4 Å². The lowest BCUT2D eigenvalue weighted by atomic mass is 9.94. The summed E-state index contributed by atoms with van der Waals surface area (Å²) < 4.78 is 0. The van der Waals surface area contributed by atoms with Crippen LogP contribution < -0.4 is 0 Å². The number of rotatable bonds is 7. The van der Waals surface area contributed by atoms with Gasteiger partial charge in [-0.3, -0.25) is 4.90 Å². The zero-order valence-corrected chi connectivity index (χ0v) is 12.0. The van der Waals surface area contributed by atoms with E-state index in [1.807, 2.05) is 6.92 Å². The molecule has 3 nitrogen and oxygen atoms in total. The van der Waals surface area contributed by atoms with Gasteiger partial charge in [-0.05, 0) is 39.2 Å². The maximum absolute atomic E-state index is 9.93. The van der Waals surface area contributed by atoms with Crippen LogP contribution in [0.5, 0.6) is 0 Å². The fourth-order valence-electron chi connectivity index (χ4n) is 2.68. The van der Waals surface area contributed by atoms with Crippen molar-refractivity contribution in [3.63, 3.8) is 0 Å². The van der Waals surface area contributed by atoms with E-state index < -0.39 is 0 Å². The smallest absolute Gasteiger partial charge is 0.0555 e. The Hall–Kier alpha value is -0.380. The van der Waals surface area contributed by atoms with Crippen LogP contribution in [-0.4, -0.2) is 46.5 Å². The maximum Gasteiger partial charge on any atom is 0.0555 e. The molecule has 0 aromatic rings. The predicted octanol–water partition coefficient (Wildman–Crippen LogP) is 2.33. The lowest BCUT2D eigenvalue weighted by molar-refractivity contribution is 0.0699. The standard InChI is InChI=1S/C15H29NO2/c1-4-7-15(18)11-13-9-6-8-12(16(13)3)10-14(17)5-2/h6,8,12-15,17-18H,4-5,7,9-11H2,1-3H3. The third kappa shape index (κ3) is 4.71. The van der Waals surface area contributed by atoms with Crippen LogP contribution in [0.25, 0.3) is 0 Å². The van der Waals surface area contributed by atoms with Gasteiger partial charge in [0.15, 0.2) is 0 Å². The van der Waals surface area contributed by atoms with Gasteiger partial charge >= 0.3 is 0 Å². The van der Waals surface area contributed by atoms with E-state index in [1.165, 1.54) is 0 Å². The lowest BCUT2D eigenvalue weighted by Crippen LogP contribution is -2.44. The first kappa shape index (κ1) is 15.7. The van der Waals surface area contributed by atoms with Gasteiger partial charge in [0.05, 0.1) is 12.2 Å². The molecule has 1 aliphatic rings. The minimum absolute atomic E-state index is 0.189. The average Bonchev–Trinajstić information content (AvgIpc) is 2.34. The third-order valence-electron chi connectivity index (χ3n) is 4.02. The molecule has 4 atom stereocenters. The van der Waals surface area contributed by atoms with Crippen LogP contribution >= 0.6 is 0 Å². The minimum Gasteiger partial charge on any atom is -0.393 e. The summed E-state index contributed by atoms with van der Waals surface area (Å²) in [5.74, 6) is 0. The fourth-order valence-corrected chi connectivity index (χ4v) is 2.68. The SMILES string of the molecule is CCCC(O)CC1CC=CC(CC(O)CC)N1C. The van der Waals surface area contributed by atoms with Gasteiger partial charge in [0.1, 0.15) is 0 Å². The molecule has 0 aromatic carbocycles. The van der Waals surface area contributed by atoms with E-state index in [0.717, 1.165) is 38.5 Å². The second-order valence-corrected chi connectivity index (χ2v) is 5.53. The van der Waals surface area contributed by atoms with E-state index in [2.05, 4.69) is 31.0 Å². The lowest BCUT2D eigenvalue weighted by Gasteiger charge is -2.38. The molecule has 0 amide bonds. The van der Waals surface area contributed by atoms with Crippen molar-refractivity contribution in [2.75, 3.05) is 7.05 Å². The van der Waals surface area contributed by atoms with E-state index in [1.54, 1.807) is 0 Å². The van der Waals surface area contributed by atoms with Crippen molar-refractivity contribution in [3.8, 4) is 0 Å². The molecule has 0 bridgehead atoms. The Kier molecular flexibility index (Phi) is 6.90. The fraction of sp³-hybridized carbons (Fsp3) is 0.867. The van der Waals surface area contributed by atoms with Gasteiger partial charge in [-0.15, -0.1) is 0 Å². The second-order valence-electron chi connectivity index (χ2n) is 5.53. The highest BCUT2D eigenvalue weighted by Gasteiger charge is 2.26. The van der Waals surface area contributed by atoms with Crippen molar-refractivity contribution in [1.29, 1.82) is 0 Å². The van der Waals surface area contributed by atoms with E-state index >= 15 is 0 Å². The van der Waals surface area contributed by atoms with Crippen LogP contribution in [-0.2, 0) is 0 Å². The maximum atomic E-state index is 9.93. The molecule has 0 spiro atoms. The first-order valence-electron chi connectivity index (χ1n) is 7.33. The normalized spacial score (nSPS) is 28.3. The monoisotopic (exact) mass is 255 g/mol. The number of hydrogen-bond donors (Lipinski definition) is 2. The zero-order chi connectivity index (χ0) is 13.5. The number of nitrogens with zero attached hydrogens (tertiary/aromatic N) is 1. The largest absolute Gasteiger partial charge is 0.393 e. The highest BCUT2D eigenvalue weighted by atomic mass is 16.3. The van der Waals surface area contributed by atoms with Crippen molar-refractivity contribution < 1.29 is 10.2 Å². The average molecular weight is 255 g/mol. The summed E-state index contributed by atoms with van der Waals surface area (Å²) in [6.45, 7) is 4.12. The highest BCUT2D eigenvalue weighted by molar-refractivity contribution is 5.03. The molecule has 1 aliphatic heterocycles. The molecule has 0 aromatic heterocycles. The Morgan fingerprint density at radius 3 is 2.56 bits per heavy atom. The summed E-state index contributed by atoms with van der Waals surface area (Å²) in [5, 5.41) is 19.7. The van der Waals surface area contributed by atoms with Crippen LogP contribution in [0.15, 0.2) is 12.2 Å². The van der Waals surface area contributed by atoms with Crippen LogP contribution in [0.2, 0.25) is 0 Å². The number of hydrogen-bond acceptors (Lipinski definition) is 3. The van der Waals surface area contributed by atoms with Crippen molar-refractivity contribution in [2.24, 2.45) is 0 Å². The first-order valence-corrected chi connectivity index (χ1v) is 7.33. The van der Waals surface area contributed by atoms with Crippen molar-refractivity contribution >= 4 is 0 Å². The topological polar surface area (TPSA) is 43.7 Å². The molecular weight excluding hydrogens is 226 g/mol. The Morgan fingerprint density at radius 1 is 1.22 bits per heavy atom. The molecule has 1 rings (SSSR count). The van der Waals surface area contributed by atoms with Crippen LogP contribution in [0, 0.1) is 0 Å².